The number of thiophene rings is 1. The van der Waals surface area contributed by atoms with E-state index in [-0.39, 0.29) is 10.3 Å². The van der Waals surface area contributed by atoms with Gasteiger partial charge < -0.3 is 4.98 Å². The number of unbranched alkanes of at least 4 members (excludes halogenated alkanes) is 1. The fraction of sp³-hybridized carbons (Fsp3) is 0.333. The van der Waals surface area contributed by atoms with Gasteiger partial charge in [0, 0.05) is 13.6 Å². The van der Waals surface area contributed by atoms with E-state index in [0.717, 1.165) is 22.3 Å². The highest BCUT2D eigenvalue weighted by atomic mass is 32.1. The van der Waals surface area contributed by atoms with Crippen LogP contribution in [-0.2, 0) is 13.6 Å². The van der Waals surface area contributed by atoms with Crippen LogP contribution in [0.5, 0.6) is 0 Å². The van der Waals surface area contributed by atoms with Crippen LogP contribution in [0.15, 0.2) is 27.1 Å². The zero-order valence-corrected chi connectivity index (χ0v) is 14.5. The molecule has 0 fully saturated rings. The van der Waals surface area contributed by atoms with E-state index in [0.29, 0.717) is 23.4 Å². The van der Waals surface area contributed by atoms with E-state index in [1.54, 1.807) is 4.57 Å². The number of fused-ring (bicyclic) bond motifs is 1. The summed E-state index contributed by atoms with van der Waals surface area (Å²) in [6, 6.07) is 3.83. The average Bonchev–Trinajstić information content (AvgIpc) is 3.06. The Bertz CT molecular complexity index is 1030. The maximum atomic E-state index is 12.5. The Morgan fingerprint density at radius 2 is 2.17 bits per heavy atom. The summed E-state index contributed by atoms with van der Waals surface area (Å²) in [6.07, 6.45) is 1.78. The second kappa shape index (κ2) is 6.21. The summed E-state index contributed by atoms with van der Waals surface area (Å²) in [5, 5.41) is 2.23. The van der Waals surface area contributed by atoms with E-state index in [4.69, 9.17) is 12.2 Å². The number of nitrogens with zero attached hydrogens (tertiary/aromatic N) is 3. The number of hydrogen-bond acceptors (Lipinski definition) is 5. The second-order valence-corrected chi connectivity index (χ2v) is 6.58. The maximum absolute atomic E-state index is 12.5. The van der Waals surface area contributed by atoms with Gasteiger partial charge in [0.1, 0.15) is 15.7 Å². The number of hydrogen-bond donors (Lipinski definition) is 1. The molecular formula is C15H16N4O2S2. The molecule has 1 N–H and O–H groups in total. The predicted octanol–water partition coefficient (Wildman–Crippen LogP) is 2.68. The van der Waals surface area contributed by atoms with Crippen molar-refractivity contribution in [2.45, 2.75) is 26.3 Å². The summed E-state index contributed by atoms with van der Waals surface area (Å²) in [7, 11) is 1.47. The van der Waals surface area contributed by atoms with E-state index in [2.05, 4.69) is 16.9 Å². The normalized spacial score (nSPS) is 11.2. The van der Waals surface area contributed by atoms with Crippen molar-refractivity contribution in [2.24, 2.45) is 7.05 Å². The summed E-state index contributed by atoms with van der Waals surface area (Å²) >= 11 is 6.84. The summed E-state index contributed by atoms with van der Waals surface area (Å²) in [5.74, 6) is 0.579. The van der Waals surface area contributed by atoms with Crippen LogP contribution in [-0.4, -0.2) is 19.1 Å². The first-order valence-corrected chi connectivity index (χ1v) is 8.61. The molecule has 23 heavy (non-hydrogen) atoms. The molecule has 0 aliphatic rings. The lowest BCUT2D eigenvalue weighted by molar-refractivity contribution is 0.583. The van der Waals surface area contributed by atoms with Gasteiger partial charge in [0.05, 0.1) is 4.88 Å². The van der Waals surface area contributed by atoms with Gasteiger partial charge in [0.2, 0.25) is 0 Å². The lowest BCUT2D eigenvalue weighted by Gasteiger charge is -2.12. The summed E-state index contributed by atoms with van der Waals surface area (Å²) in [4.78, 5) is 33.3. The Morgan fingerprint density at radius 1 is 1.39 bits per heavy atom. The molecule has 0 aliphatic heterocycles. The molecule has 0 aliphatic carbocycles. The molecule has 0 atom stereocenters. The van der Waals surface area contributed by atoms with Crippen LogP contribution >= 0.6 is 23.6 Å². The van der Waals surface area contributed by atoms with Gasteiger partial charge in [0.15, 0.2) is 5.82 Å². The minimum atomic E-state index is -0.413. The van der Waals surface area contributed by atoms with E-state index in [1.165, 1.54) is 18.4 Å². The molecule has 0 aromatic carbocycles. The first kappa shape index (κ1) is 15.8. The van der Waals surface area contributed by atoms with E-state index < -0.39 is 5.56 Å². The van der Waals surface area contributed by atoms with Crippen LogP contribution in [0, 0.1) is 4.64 Å². The van der Waals surface area contributed by atoms with Crippen LogP contribution in [0.1, 0.15) is 19.8 Å². The van der Waals surface area contributed by atoms with Crippen molar-refractivity contribution in [3.8, 4) is 10.7 Å². The minimum Gasteiger partial charge on any atom is -0.324 e. The third-order valence-electron chi connectivity index (χ3n) is 3.70. The van der Waals surface area contributed by atoms with Crippen LogP contribution in [0.4, 0.5) is 0 Å². The molecule has 0 bridgehead atoms. The molecule has 120 valence electrons. The van der Waals surface area contributed by atoms with Crippen LogP contribution in [0.2, 0.25) is 0 Å². The second-order valence-electron chi connectivity index (χ2n) is 5.24. The third kappa shape index (κ3) is 2.68. The van der Waals surface area contributed by atoms with Gasteiger partial charge in [-0.3, -0.25) is 13.9 Å². The highest BCUT2D eigenvalue weighted by Gasteiger charge is 2.15. The van der Waals surface area contributed by atoms with E-state index in [1.807, 2.05) is 17.5 Å². The van der Waals surface area contributed by atoms with Crippen molar-refractivity contribution in [1.82, 2.24) is 19.1 Å². The quantitative estimate of drug-likeness (QED) is 0.736. The molecule has 3 rings (SSSR count). The molecule has 0 saturated carbocycles. The summed E-state index contributed by atoms with van der Waals surface area (Å²) in [6.45, 7) is 2.58. The van der Waals surface area contributed by atoms with Gasteiger partial charge in [-0.25, -0.2) is 9.78 Å². The van der Waals surface area contributed by atoms with Gasteiger partial charge >= 0.3 is 5.69 Å². The SMILES string of the molecule is CCCCn1c(=O)n(C)c(=O)c2c(=S)nc(-c3cccs3)[nH]c21. The molecule has 6 nitrogen and oxygen atoms in total. The highest BCUT2D eigenvalue weighted by molar-refractivity contribution is 7.71. The molecule has 0 unspecified atom stereocenters. The highest BCUT2D eigenvalue weighted by Crippen LogP contribution is 2.22. The van der Waals surface area contributed by atoms with Gasteiger partial charge in [0.25, 0.3) is 5.56 Å². The maximum Gasteiger partial charge on any atom is 0.332 e. The zero-order valence-electron chi connectivity index (χ0n) is 12.8. The Hall–Kier alpha value is -2.06. The molecular weight excluding hydrogens is 332 g/mol. The number of rotatable bonds is 4. The number of aromatic amines is 1. The average molecular weight is 348 g/mol. The number of aryl methyl sites for hydroxylation is 1. The first-order valence-electron chi connectivity index (χ1n) is 7.32. The smallest absolute Gasteiger partial charge is 0.324 e. The van der Waals surface area contributed by atoms with Crippen molar-refractivity contribution >= 4 is 34.6 Å². The molecule has 0 spiro atoms. The van der Waals surface area contributed by atoms with Gasteiger partial charge in [-0.2, -0.15) is 0 Å². The predicted molar refractivity (Wildman–Crippen MR) is 94.6 cm³/mol. The van der Waals surface area contributed by atoms with Gasteiger partial charge in [-0.1, -0.05) is 31.6 Å². The Morgan fingerprint density at radius 3 is 2.83 bits per heavy atom. The number of nitrogens with one attached hydrogen (secondary N) is 1. The molecule has 0 amide bonds. The van der Waals surface area contributed by atoms with Crippen molar-refractivity contribution in [3.05, 3.63) is 43.0 Å². The summed E-state index contributed by atoms with van der Waals surface area (Å²) in [5.41, 5.74) is -0.302. The largest absolute Gasteiger partial charge is 0.332 e. The first-order chi connectivity index (χ1) is 11.0. The topological polar surface area (TPSA) is 72.7 Å². The molecule has 3 heterocycles. The molecule has 3 aromatic rings. The van der Waals surface area contributed by atoms with Crippen LogP contribution in [0.3, 0.4) is 0 Å². The van der Waals surface area contributed by atoms with Crippen molar-refractivity contribution in [3.63, 3.8) is 0 Å². The van der Waals surface area contributed by atoms with E-state index in [9.17, 15) is 9.59 Å². The Labute approximate surface area is 141 Å². The van der Waals surface area contributed by atoms with Crippen LogP contribution < -0.4 is 11.2 Å². The monoisotopic (exact) mass is 348 g/mol. The molecule has 0 saturated heterocycles. The van der Waals surface area contributed by atoms with Gasteiger partial charge in [-0.15, -0.1) is 11.3 Å². The number of H-pyrrole nitrogens is 1. The fourth-order valence-electron chi connectivity index (χ4n) is 2.44. The van der Waals surface area contributed by atoms with Crippen molar-refractivity contribution in [1.29, 1.82) is 0 Å². The number of aromatic nitrogens is 4. The molecule has 3 aromatic heterocycles. The van der Waals surface area contributed by atoms with Crippen molar-refractivity contribution < 1.29 is 0 Å². The summed E-state index contributed by atoms with van der Waals surface area (Å²) < 4.78 is 2.89. The lowest BCUT2D eigenvalue weighted by atomic mass is 10.3. The van der Waals surface area contributed by atoms with Gasteiger partial charge in [-0.05, 0) is 17.9 Å². The van der Waals surface area contributed by atoms with Crippen LogP contribution in [0.25, 0.3) is 21.7 Å². The molecule has 8 heteroatoms. The minimum absolute atomic E-state index is 0.216. The Balaban J connectivity index is 2.42. The lowest BCUT2D eigenvalue weighted by Crippen LogP contribution is -2.39. The third-order valence-corrected chi connectivity index (χ3v) is 4.87. The van der Waals surface area contributed by atoms with Crippen molar-refractivity contribution in [2.75, 3.05) is 0 Å². The standard InChI is InChI=1S/C15H16N4O2S2/c1-3-4-7-19-12-10(14(20)18(2)15(19)21)13(22)17-11(16-12)9-6-5-8-23-9/h5-6,8H,3-4,7H2,1-2H3,(H,16,17,22). The fourth-order valence-corrected chi connectivity index (χ4v) is 3.39. The zero-order chi connectivity index (χ0) is 16.6. The molecule has 0 radical (unpaired) electrons. The van der Waals surface area contributed by atoms with E-state index >= 15 is 0 Å². The Kier molecular flexibility index (Phi) is 4.27.